The maximum Gasteiger partial charge on any atom is 0.328 e. The van der Waals surface area contributed by atoms with E-state index in [0.29, 0.717) is 17.9 Å². The average molecular weight is 626 g/mol. The lowest BCUT2D eigenvalue weighted by Crippen LogP contribution is -2.41. The molecule has 1 aliphatic rings. The number of halogens is 2. The number of hydrogen-bond donors (Lipinski definition) is 4. The number of carbonyl (C=O) groups is 2. The number of phenolic OH excluding ortho intramolecular Hbond substituents is 1. The van der Waals surface area contributed by atoms with Crippen LogP contribution in [0.15, 0.2) is 47.5 Å². The fraction of sp³-hybridized carbons (Fsp3) is 0.300. The Hall–Kier alpha value is -5.47. The number of rotatable bonds is 13. The molecule has 4 rings (SSSR count). The number of nitrogens with zero attached hydrogens (tertiary/aromatic N) is 4. The number of nitrogens with one attached hydrogen (secondary N) is 1. The van der Waals surface area contributed by atoms with Gasteiger partial charge in [-0.2, -0.15) is 13.8 Å². The van der Waals surface area contributed by atoms with Crippen molar-refractivity contribution >= 4 is 29.2 Å². The van der Waals surface area contributed by atoms with Crippen LogP contribution in [0.1, 0.15) is 30.9 Å². The van der Waals surface area contributed by atoms with Gasteiger partial charge in [0.15, 0.2) is 11.5 Å². The minimum Gasteiger partial charge on any atom is -0.504 e. The number of aromatic nitrogens is 1. The molecule has 0 bridgehead atoms. The molecule has 1 atom stereocenters. The second-order valence-electron chi connectivity index (χ2n) is 10.0. The number of pyridine rings is 1. The topological polar surface area (TPSA) is 190 Å². The van der Waals surface area contributed by atoms with Gasteiger partial charge in [0.25, 0.3) is 11.8 Å². The maximum absolute atomic E-state index is 16.2. The van der Waals surface area contributed by atoms with Crippen LogP contribution in [0, 0.1) is 17.0 Å². The Morgan fingerprint density at radius 1 is 1.13 bits per heavy atom. The molecule has 0 saturated carbocycles. The zero-order valence-electron chi connectivity index (χ0n) is 24.8. The lowest BCUT2D eigenvalue weighted by atomic mass is 10.1. The van der Waals surface area contributed by atoms with Gasteiger partial charge < -0.3 is 40.6 Å². The number of aromatic hydroxyl groups is 1. The fourth-order valence-corrected chi connectivity index (χ4v) is 4.60. The van der Waals surface area contributed by atoms with Crippen molar-refractivity contribution in [2.75, 3.05) is 38.7 Å². The van der Waals surface area contributed by atoms with Gasteiger partial charge in [0, 0.05) is 38.2 Å². The van der Waals surface area contributed by atoms with Crippen molar-refractivity contribution in [3.8, 4) is 29.0 Å². The summed E-state index contributed by atoms with van der Waals surface area (Å²) in [6.45, 7) is 2.85. The van der Waals surface area contributed by atoms with Crippen LogP contribution < -0.4 is 25.8 Å². The predicted octanol–water partition coefficient (Wildman–Crippen LogP) is 3.26. The van der Waals surface area contributed by atoms with Crippen molar-refractivity contribution in [3.63, 3.8) is 0 Å². The monoisotopic (exact) mass is 625 g/mol. The first-order valence-electron chi connectivity index (χ1n) is 13.9. The Balaban J connectivity index is 1.84. The van der Waals surface area contributed by atoms with E-state index < -0.39 is 52.7 Å². The highest BCUT2D eigenvalue weighted by molar-refractivity contribution is 6.00. The van der Waals surface area contributed by atoms with E-state index in [2.05, 4.69) is 9.98 Å². The number of amides is 1. The lowest BCUT2D eigenvalue weighted by Gasteiger charge is -2.29. The second-order valence-corrected chi connectivity index (χ2v) is 10.0. The smallest absolute Gasteiger partial charge is 0.328 e. The summed E-state index contributed by atoms with van der Waals surface area (Å²) in [5.41, 5.74) is 10.9. The first-order valence-corrected chi connectivity index (χ1v) is 13.9. The molecule has 6 N–H and O–H groups in total. The number of carbonyl (C=O) groups excluding carboxylic acids is 2. The first kappa shape index (κ1) is 32.4. The van der Waals surface area contributed by atoms with Crippen LogP contribution in [0.25, 0.3) is 0 Å². The Labute approximate surface area is 257 Å². The largest absolute Gasteiger partial charge is 0.504 e. The number of benzene rings is 2. The highest BCUT2D eigenvalue weighted by Crippen LogP contribution is 2.40. The van der Waals surface area contributed by atoms with E-state index in [0.717, 1.165) is 11.4 Å². The minimum atomic E-state index is -1.36. The van der Waals surface area contributed by atoms with Crippen molar-refractivity contribution in [1.29, 1.82) is 5.41 Å². The summed E-state index contributed by atoms with van der Waals surface area (Å²) < 4.78 is 48.9. The molecule has 0 radical (unpaired) electrons. The molecule has 0 fully saturated rings. The number of amidine groups is 2. The number of ether oxygens (including phenoxy) is 3. The lowest BCUT2D eigenvalue weighted by molar-refractivity contribution is -0.144. The number of nitrogens with two attached hydrogens (primary N) is 2. The molecule has 2 aromatic carbocycles. The van der Waals surface area contributed by atoms with E-state index in [9.17, 15) is 14.7 Å². The number of primary amides is 1. The van der Waals surface area contributed by atoms with E-state index in [1.807, 2.05) is 11.9 Å². The number of hydrogen-bond acceptors (Lipinski definition) is 11. The van der Waals surface area contributed by atoms with E-state index in [4.69, 9.17) is 31.1 Å². The van der Waals surface area contributed by atoms with Gasteiger partial charge in [-0.25, -0.2) is 4.79 Å². The molecule has 1 amide bonds. The Morgan fingerprint density at radius 3 is 2.47 bits per heavy atom. The molecule has 0 saturated heterocycles. The normalized spacial score (nSPS) is 13.2. The average Bonchev–Trinajstić information content (AvgIpc) is 3.42. The molecule has 45 heavy (non-hydrogen) atoms. The standard InChI is InChI=1S/C30H33F2N7O6/c1-4-43-30(42)19(9-11-22(33)41)39(3)25-23(31)28(44-18-7-5-6-17(14-18)27-36-12-13-38(27)2)37-29(24(25)32)45-21-15-16(26(34)35)8-10-20(21)40/h5-8,10,14-15,19,40H,4,9,11-13H2,1-3H3,(H2,33,41)(H3,34,35). The van der Waals surface area contributed by atoms with Gasteiger partial charge in [-0.05, 0) is 43.7 Å². The molecule has 0 aliphatic carbocycles. The molecule has 0 spiro atoms. The molecule has 1 unspecified atom stereocenters. The summed E-state index contributed by atoms with van der Waals surface area (Å²) in [6, 6.07) is 8.93. The molecule has 15 heteroatoms. The third-order valence-electron chi connectivity index (χ3n) is 6.88. The van der Waals surface area contributed by atoms with Crippen molar-refractivity contribution in [1.82, 2.24) is 9.88 Å². The van der Waals surface area contributed by atoms with Crippen LogP contribution in [0.4, 0.5) is 14.5 Å². The molecule has 2 heterocycles. The summed E-state index contributed by atoms with van der Waals surface area (Å²) in [5, 5.41) is 18.1. The van der Waals surface area contributed by atoms with Gasteiger partial charge in [0.1, 0.15) is 29.1 Å². The van der Waals surface area contributed by atoms with Gasteiger partial charge in [0.2, 0.25) is 17.5 Å². The molecule has 1 aliphatic heterocycles. The van der Waals surface area contributed by atoms with Gasteiger partial charge >= 0.3 is 5.97 Å². The van der Waals surface area contributed by atoms with Crippen LogP contribution in [0.3, 0.4) is 0 Å². The molecule has 3 aromatic rings. The fourth-order valence-electron chi connectivity index (χ4n) is 4.60. The number of esters is 1. The summed E-state index contributed by atoms with van der Waals surface area (Å²) in [7, 11) is 3.10. The van der Waals surface area contributed by atoms with Crippen LogP contribution in [0.2, 0.25) is 0 Å². The van der Waals surface area contributed by atoms with Crippen molar-refractivity contribution in [2.45, 2.75) is 25.8 Å². The predicted molar refractivity (Wildman–Crippen MR) is 161 cm³/mol. The summed E-state index contributed by atoms with van der Waals surface area (Å²) in [5.74, 6) is -6.15. The Morgan fingerprint density at radius 2 is 1.84 bits per heavy atom. The van der Waals surface area contributed by atoms with Crippen LogP contribution >= 0.6 is 0 Å². The van der Waals surface area contributed by atoms with Crippen LogP contribution in [-0.4, -0.2) is 78.4 Å². The summed E-state index contributed by atoms with van der Waals surface area (Å²) in [4.78, 5) is 35.7. The van der Waals surface area contributed by atoms with Gasteiger partial charge in [0.05, 0.1) is 13.2 Å². The molecule has 238 valence electrons. The highest BCUT2D eigenvalue weighted by Gasteiger charge is 2.33. The highest BCUT2D eigenvalue weighted by atomic mass is 19.1. The number of phenols is 1. The van der Waals surface area contributed by atoms with Crippen LogP contribution in [0.5, 0.6) is 29.0 Å². The zero-order valence-corrected chi connectivity index (χ0v) is 24.8. The molecule has 13 nitrogen and oxygen atoms in total. The molecule has 1 aromatic heterocycles. The van der Waals surface area contributed by atoms with Crippen LogP contribution in [-0.2, 0) is 14.3 Å². The van der Waals surface area contributed by atoms with Crippen molar-refractivity contribution in [2.24, 2.45) is 16.5 Å². The zero-order chi connectivity index (χ0) is 32.8. The number of likely N-dealkylation sites (N-methyl/N-ethyl adjacent to an activating group) is 2. The number of anilines is 1. The van der Waals surface area contributed by atoms with Gasteiger partial charge in [-0.3, -0.25) is 15.2 Å². The Bertz CT molecular complexity index is 1650. The third kappa shape index (κ3) is 7.37. The quantitative estimate of drug-likeness (QED) is 0.125. The second kappa shape index (κ2) is 13.9. The van der Waals surface area contributed by atoms with E-state index in [-0.39, 0.29) is 42.3 Å². The van der Waals surface area contributed by atoms with Crippen molar-refractivity contribution in [3.05, 3.63) is 65.2 Å². The number of aliphatic imine (C=N–C) groups is 1. The van der Waals surface area contributed by atoms with E-state index in [1.54, 1.807) is 25.1 Å². The molecular weight excluding hydrogens is 592 g/mol. The van der Waals surface area contributed by atoms with Gasteiger partial charge in [-0.15, -0.1) is 0 Å². The first-order chi connectivity index (χ1) is 21.4. The number of nitrogen functional groups attached to an aromatic ring is 1. The van der Waals surface area contributed by atoms with E-state index >= 15 is 8.78 Å². The third-order valence-corrected chi connectivity index (χ3v) is 6.88. The minimum absolute atomic E-state index is 0.0354. The SMILES string of the molecule is CCOC(=O)C(CCC(N)=O)N(C)c1c(F)c(Oc2cccc(C3=NCCN3C)c2)nc(Oc2cc(C(=N)N)ccc2O)c1F. The van der Waals surface area contributed by atoms with Crippen molar-refractivity contribution < 1.29 is 37.7 Å². The molecular formula is C30H33F2N7O6. The van der Waals surface area contributed by atoms with Gasteiger partial charge in [-0.1, -0.05) is 12.1 Å². The summed E-state index contributed by atoms with van der Waals surface area (Å²) >= 11 is 0. The summed E-state index contributed by atoms with van der Waals surface area (Å²) in [6.07, 6.45) is -0.511. The Kier molecular flexibility index (Phi) is 10.0. The van der Waals surface area contributed by atoms with E-state index in [1.165, 1.54) is 31.3 Å². The maximum atomic E-state index is 16.2.